The second kappa shape index (κ2) is 6.81. The second-order valence-corrected chi connectivity index (χ2v) is 3.79. The molecule has 0 radical (unpaired) electrons. The summed E-state index contributed by atoms with van der Waals surface area (Å²) >= 11 is 3.24. The van der Waals surface area contributed by atoms with Crippen molar-refractivity contribution in [1.29, 1.82) is 0 Å². The summed E-state index contributed by atoms with van der Waals surface area (Å²) in [5.74, 6) is 0.684. The summed E-state index contributed by atoms with van der Waals surface area (Å²) in [6, 6.07) is 7.19. The summed E-state index contributed by atoms with van der Waals surface area (Å²) in [6.07, 6.45) is -2.84. The summed E-state index contributed by atoms with van der Waals surface area (Å²) in [4.78, 5) is 0. The topological polar surface area (TPSA) is 18.5 Å². The molecule has 2 nitrogen and oxygen atoms in total. The third-order valence-corrected chi connectivity index (χ3v) is 2.62. The van der Waals surface area contributed by atoms with Crippen LogP contribution in [0.15, 0.2) is 24.3 Å². The van der Waals surface area contributed by atoms with Crippen LogP contribution in [0.25, 0.3) is 0 Å². The summed E-state index contributed by atoms with van der Waals surface area (Å²) in [7, 11) is 1.56. The normalized spacial score (nSPS) is 12.8. The maximum Gasteiger partial charge on any atom is 0.261 e. The third-order valence-electron chi connectivity index (χ3n) is 2.03. The molecule has 0 saturated carbocycles. The van der Waals surface area contributed by atoms with Crippen LogP contribution in [0, 0.1) is 0 Å². The van der Waals surface area contributed by atoms with E-state index in [0.717, 1.165) is 5.56 Å². The van der Waals surface area contributed by atoms with Gasteiger partial charge >= 0.3 is 0 Å². The van der Waals surface area contributed by atoms with E-state index in [9.17, 15) is 8.78 Å². The molecule has 1 aromatic carbocycles. The molecule has 0 amide bonds. The highest BCUT2D eigenvalue weighted by atomic mass is 79.9. The van der Waals surface area contributed by atoms with Crippen LogP contribution < -0.4 is 4.74 Å². The van der Waals surface area contributed by atoms with Crippen molar-refractivity contribution in [3.8, 4) is 5.75 Å². The van der Waals surface area contributed by atoms with Crippen LogP contribution >= 0.6 is 15.9 Å². The van der Waals surface area contributed by atoms with Crippen LogP contribution in [0.4, 0.5) is 8.78 Å². The fourth-order valence-electron chi connectivity index (χ4n) is 1.26. The van der Waals surface area contributed by atoms with E-state index in [1.54, 1.807) is 25.3 Å². The zero-order valence-electron chi connectivity index (χ0n) is 8.83. The van der Waals surface area contributed by atoms with Gasteiger partial charge in [-0.3, -0.25) is 0 Å². The molecule has 1 aromatic rings. The number of hydrogen-bond donors (Lipinski definition) is 0. The highest BCUT2D eigenvalue weighted by Gasteiger charge is 2.14. The van der Waals surface area contributed by atoms with E-state index in [2.05, 4.69) is 15.9 Å². The van der Waals surface area contributed by atoms with Gasteiger partial charge in [0, 0.05) is 5.33 Å². The van der Waals surface area contributed by atoms with Crippen molar-refractivity contribution in [2.24, 2.45) is 0 Å². The van der Waals surface area contributed by atoms with E-state index in [0.29, 0.717) is 11.1 Å². The molecule has 1 unspecified atom stereocenters. The fraction of sp³-hybridized carbons (Fsp3) is 0.455. The lowest BCUT2D eigenvalue weighted by molar-refractivity contribution is -0.0159. The first kappa shape index (κ1) is 13.4. The number of alkyl halides is 3. The number of methoxy groups -OCH3 is 1. The SMILES string of the molecule is COc1cccc(C(CBr)OCC(F)F)c1. The Morgan fingerprint density at radius 2 is 2.12 bits per heavy atom. The first-order valence-corrected chi connectivity index (χ1v) is 5.89. The number of rotatable bonds is 6. The quantitative estimate of drug-likeness (QED) is 0.749. The average molecular weight is 295 g/mol. The van der Waals surface area contributed by atoms with E-state index >= 15 is 0 Å². The van der Waals surface area contributed by atoms with Gasteiger partial charge in [0.25, 0.3) is 6.43 Å². The molecule has 16 heavy (non-hydrogen) atoms. The van der Waals surface area contributed by atoms with E-state index in [1.165, 1.54) is 0 Å². The van der Waals surface area contributed by atoms with Gasteiger partial charge in [0.05, 0.1) is 13.2 Å². The molecule has 0 fully saturated rings. The first-order chi connectivity index (χ1) is 7.67. The Morgan fingerprint density at radius 3 is 2.69 bits per heavy atom. The minimum atomic E-state index is -2.45. The molecule has 0 aliphatic rings. The summed E-state index contributed by atoms with van der Waals surface area (Å²) in [5, 5.41) is 0.465. The fourth-order valence-corrected chi connectivity index (χ4v) is 1.82. The number of halogens is 3. The Labute approximate surface area is 102 Å². The summed E-state index contributed by atoms with van der Waals surface area (Å²) in [5.41, 5.74) is 0.817. The van der Waals surface area contributed by atoms with Gasteiger partial charge in [0.2, 0.25) is 0 Å². The number of hydrogen-bond acceptors (Lipinski definition) is 2. The molecule has 0 N–H and O–H groups in total. The molecule has 0 heterocycles. The van der Waals surface area contributed by atoms with Gasteiger partial charge < -0.3 is 9.47 Å². The van der Waals surface area contributed by atoms with Crippen LogP contribution in [0.1, 0.15) is 11.7 Å². The lowest BCUT2D eigenvalue weighted by Crippen LogP contribution is -2.11. The minimum absolute atomic E-state index is 0.385. The molecule has 0 aliphatic carbocycles. The Morgan fingerprint density at radius 1 is 1.38 bits per heavy atom. The van der Waals surface area contributed by atoms with E-state index in [4.69, 9.17) is 9.47 Å². The van der Waals surface area contributed by atoms with Crippen molar-refractivity contribution < 1.29 is 18.3 Å². The molecule has 1 rings (SSSR count). The maximum absolute atomic E-state index is 12.0. The van der Waals surface area contributed by atoms with Gasteiger partial charge in [0.15, 0.2) is 0 Å². The van der Waals surface area contributed by atoms with Crippen LogP contribution in [0.5, 0.6) is 5.75 Å². The van der Waals surface area contributed by atoms with Crippen LogP contribution in [0.2, 0.25) is 0 Å². The van der Waals surface area contributed by atoms with Crippen LogP contribution in [-0.4, -0.2) is 25.5 Å². The minimum Gasteiger partial charge on any atom is -0.497 e. The van der Waals surface area contributed by atoms with Crippen molar-refractivity contribution in [3.63, 3.8) is 0 Å². The molecular formula is C11H13BrF2O2. The van der Waals surface area contributed by atoms with E-state index in [1.807, 2.05) is 6.07 Å². The van der Waals surface area contributed by atoms with Crippen molar-refractivity contribution >= 4 is 15.9 Å². The van der Waals surface area contributed by atoms with E-state index < -0.39 is 13.0 Å². The van der Waals surface area contributed by atoms with Gasteiger partial charge in [-0.1, -0.05) is 28.1 Å². The predicted octanol–water partition coefficient (Wildman–Crippen LogP) is 3.41. The summed E-state index contributed by atoms with van der Waals surface area (Å²) in [6.45, 7) is -0.562. The summed E-state index contributed by atoms with van der Waals surface area (Å²) < 4.78 is 34.2. The van der Waals surface area contributed by atoms with Gasteiger partial charge in [-0.05, 0) is 17.7 Å². The number of ether oxygens (including phenoxy) is 2. The number of benzene rings is 1. The Balaban J connectivity index is 2.70. The lowest BCUT2D eigenvalue weighted by Gasteiger charge is -2.16. The van der Waals surface area contributed by atoms with Crippen molar-refractivity contribution in [2.45, 2.75) is 12.5 Å². The van der Waals surface area contributed by atoms with Crippen LogP contribution in [0.3, 0.4) is 0 Å². The largest absolute Gasteiger partial charge is 0.497 e. The van der Waals surface area contributed by atoms with Crippen molar-refractivity contribution in [3.05, 3.63) is 29.8 Å². The monoisotopic (exact) mass is 294 g/mol. The molecule has 90 valence electrons. The molecule has 1 atom stereocenters. The zero-order valence-corrected chi connectivity index (χ0v) is 10.4. The predicted molar refractivity (Wildman–Crippen MR) is 61.5 cm³/mol. The highest BCUT2D eigenvalue weighted by molar-refractivity contribution is 9.09. The van der Waals surface area contributed by atoms with Gasteiger partial charge in [-0.2, -0.15) is 0 Å². The average Bonchev–Trinajstić information content (AvgIpc) is 2.30. The van der Waals surface area contributed by atoms with Gasteiger partial charge in [-0.25, -0.2) is 8.78 Å². The smallest absolute Gasteiger partial charge is 0.261 e. The van der Waals surface area contributed by atoms with Gasteiger partial charge in [0.1, 0.15) is 12.4 Å². The highest BCUT2D eigenvalue weighted by Crippen LogP contribution is 2.24. The van der Waals surface area contributed by atoms with Gasteiger partial charge in [-0.15, -0.1) is 0 Å². The standard InChI is InChI=1S/C11H13BrF2O2/c1-15-9-4-2-3-8(5-9)10(6-12)16-7-11(13)14/h2-5,10-11H,6-7H2,1H3. The Hall–Kier alpha value is -0.680. The molecule has 0 bridgehead atoms. The zero-order chi connectivity index (χ0) is 12.0. The Kier molecular flexibility index (Phi) is 5.69. The maximum atomic E-state index is 12.0. The van der Waals surface area contributed by atoms with Crippen LogP contribution in [-0.2, 0) is 4.74 Å². The second-order valence-electron chi connectivity index (χ2n) is 3.14. The first-order valence-electron chi connectivity index (χ1n) is 4.77. The third kappa shape index (κ3) is 4.06. The lowest BCUT2D eigenvalue weighted by atomic mass is 10.1. The van der Waals surface area contributed by atoms with Crippen molar-refractivity contribution in [1.82, 2.24) is 0 Å². The molecule has 0 spiro atoms. The molecule has 5 heteroatoms. The molecular weight excluding hydrogens is 282 g/mol. The Bertz CT molecular complexity index is 321. The van der Waals surface area contributed by atoms with E-state index in [-0.39, 0.29) is 6.10 Å². The van der Waals surface area contributed by atoms with Crippen molar-refractivity contribution in [2.75, 3.05) is 19.0 Å². The molecule has 0 saturated heterocycles. The molecule has 0 aromatic heterocycles. The molecule has 0 aliphatic heterocycles.